The number of nitrogens with two attached hydrogens (primary N) is 1. The van der Waals surface area contributed by atoms with E-state index in [9.17, 15) is 4.79 Å². The van der Waals surface area contributed by atoms with Gasteiger partial charge in [-0.25, -0.2) is 0 Å². The van der Waals surface area contributed by atoms with Gasteiger partial charge in [-0.05, 0) is 56.2 Å². The molecule has 1 aliphatic rings. The lowest BCUT2D eigenvalue weighted by molar-refractivity contribution is -0.117. The van der Waals surface area contributed by atoms with Crippen LogP contribution in [0, 0.1) is 0 Å². The standard InChI is InChI=1S/C20H25N3O2/c1-4-15-5-8-17(9-6-15)22-20(24)14(3)23-12-13(2)25-19-10-7-16(21)11-18(19)23/h5-11,13-14H,4,12,21H2,1-3H3,(H,22,24). The van der Waals surface area contributed by atoms with Gasteiger partial charge in [0.25, 0.3) is 0 Å². The first-order chi connectivity index (χ1) is 12.0. The molecule has 2 unspecified atom stereocenters. The van der Waals surface area contributed by atoms with Crippen molar-refractivity contribution in [1.82, 2.24) is 0 Å². The molecule has 5 nitrogen and oxygen atoms in total. The van der Waals surface area contributed by atoms with Gasteiger partial charge in [0, 0.05) is 11.4 Å². The van der Waals surface area contributed by atoms with Crippen LogP contribution < -0.4 is 20.7 Å². The summed E-state index contributed by atoms with van der Waals surface area (Å²) in [6.45, 7) is 6.65. The molecule has 3 rings (SSSR count). The van der Waals surface area contributed by atoms with Crippen molar-refractivity contribution in [3.05, 3.63) is 48.0 Å². The van der Waals surface area contributed by atoms with Gasteiger partial charge < -0.3 is 20.7 Å². The van der Waals surface area contributed by atoms with Crippen molar-refractivity contribution in [3.63, 3.8) is 0 Å². The lowest BCUT2D eigenvalue weighted by Crippen LogP contribution is -2.48. The molecule has 132 valence electrons. The highest BCUT2D eigenvalue weighted by atomic mass is 16.5. The summed E-state index contributed by atoms with van der Waals surface area (Å²) in [7, 11) is 0. The molecule has 2 aromatic carbocycles. The number of nitrogens with zero attached hydrogens (tertiary/aromatic N) is 1. The fourth-order valence-electron chi connectivity index (χ4n) is 3.07. The molecule has 0 fully saturated rings. The Bertz CT molecular complexity index is 758. The number of carbonyl (C=O) groups excluding carboxylic acids is 1. The molecule has 1 amide bonds. The normalized spacial score (nSPS) is 17.4. The largest absolute Gasteiger partial charge is 0.487 e. The van der Waals surface area contributed by atoms with E-state index in [1.54, 1.807) is 0 Å². The molecular weight excluding hydrogens is 314 g/mol. The van der Waals surface area contributed by atoms with Crippen molar-refractivity contribution in [2.45, 2.75) is 39.3 Å². The average molecular weight is 339 g/mol. The minimum Gasteiger partial charge on any atom is -0.487 e. The number of hydrogen-bond acceptors (Lipinski definition) is 4. The summed E-state index contributed by atoms with van der Waals surface area (Å²) in [5.74, 6) is 0.714. The monoisotopic (exact) mass is 339 g/mol. The second kappa shape index (κ2) is 7.05. The molecule has 0 spiro atoms. The molecule has 0 aromatic heterocycles. The molecule has 1 aliphatic heterocycles. The zero-order valence-corrected chi connectivity index (χ0v) is 15.0. The molecule has 0 aliphatic carbocycles. The Morgan fingerprint density at radius 3 is 2.72 bits per heavy atom. The lowest BCUT2D eigenvalue weighted by atomic mass is 10.1. The Hall–Kier alpha value is -2.69. The molecular formula is C20H25N3O2. The number of aryl methyl sites for hydroxylation is 1. The molecule has 0 saturated heterocycles. The van der Waals surface area contributed by atoms with Crippen LogP contribution in [0.1, 0.15) is 26.3 Å². The summed E-state index contributed by atoms with van der Waals surface area (Å²) in [6, 6.07) is 13.2. The lowest BCUT2D eigenvalue weighted by Gasteiger charge is -2.38. The first-order valence-corrected chi connectivity index (χ1v) is 8.70. The maximum absolute atomic E-state index is 12.7. The smallest absolute Gasteiger partial charge is 0.246 e. The van der Waals surface area contributed by atoms with E-state index in [0.29, 0.717) is 12.2 Å². The third kappa shape index (κ3) is 3.71. The molecule has 0 bridgehead atoms. The number of benzene rings is 2. The summed E-state index contributed by atoms with van der Waals surface area (Å²) < 4.78 is 5.86. The molecule has 5 heteroatoms. The van der Waals surface area contributed by atoms with E-state index in [0.717, 1.165) is 23.5 Å². The number of rotatable bonds is 4. The van der Waals surface area contributed by atoms with E-state index < -0.39 is 0 Å². The van der Waals surface area contributed by atoms with E-state index in [1.165, 1.54) is 5.56 Å². The third-order valence-electron chi connectivity index (χ3n) is 4.55. The van der Waals surface area contributed by atoms with E-state index in [-0.39, 0.29) is 18.1 Å². The van der Waals surface area contributed by atoms with Gasteiger partial charge >= 0.3 is 0 Å². The number of carbonyl (C=O) groups is 1. The second-order valence-electron chi connectivity index (χ2n) is 6.52. The van der Waals surface area contributed by atoms with Gasteiger partial charge in [0.1, 0.15) is 17.9 Å². The number of amides is 1. The van der Waals surface area contributed by atoms with Gasteiger partial charge in [0.15, 0.2) is 0 Å². The van der Waals surface area contributed by atoms with Crippen molar-refractivity contribution >= 4 is 23.0 Å². The Kier molecular flexibility index (Phi) is 4.83. The number of nitrogen functional groups attached to an aromatic ring is 1. The Morgan fingerprint density at radius 1 is 1.32 bits per heavy atom. The van der Waals surface area contributed by atoms with Crippen LogP contribution in [0.3, 0.4) is 0 Å². The maximum atomic E-state index is 12.7. The van der Waals surface area contributed by atoms with Crippen LogP contribution in [-0.2, 0) is 11.2 Å². The fraction of sp³-hybridized carbons (Fsp3) is 0.350. The highest BCUT2D eigenvalue weighted by Crippen LogP contribution is 2.36. The highest BCUT2D eigenvalue weighted by Gasteiger charge is 2.30. The number of ether oxygens (including phenoxy) is 1. The first kappa shape index (κ1) is 17.1. The molecule has 0 radical (unpaired) electrons. The van der Waals surface area contributed by atoms with Gasteiger partial charge in [0.2, 0.25) is 5.91 Å². The minimum absolute atomic E-state index is 0.00946. The van der Waals surface area contributed by atoms with Gasteiger partial charge in [-0.2, -0.15) is 0 Å². The predicted molar refractivity (Wildman–Crippen MR) is 102 cm³/mol. The van der Waals surface area contributed by atoms with Crippen molar-refractivity contribution in [2.24, 2.45) is 0 Å². The van der Waals surface area contributed by atoms with E-state index >= 15 is 0 Å². The third-order valence-corrected chi connectivity index (χ3v) is 4.55. The van der Waals surface area contributed by atoms with Crippen LogP contribution in [0.2, 0.25) is 0 Å². The zero-order valence-electron chi connectivity index (χ0n) is 15.0. The van der Waals surface area contributed by atoms with Crippen LogP contribution in [0.4, 0.5) is 17.1 Å². The van der Waals surface area contributed by atoms with Gasteiger partial charge in [-0.3, -0.25) is 4.79 Å². The first-order valence-electron chi connectivity index (χ1n) is 8.70. The summed E-state index contributed by atoms with van der Waals surface area (Å²) in [5, 5.41) is 3.00. The summed E-state index contributed by atoms with van der Waals surface area (Å²) in [4.78, 5) is 14.8. The summed E-state index contributed by atoms with van der Waals surface area (Å²) >= 11 is 0. The van der Waals surface area contributed by atoms with E-state index in [4.69, 9.17) is 10.5 Å². The molecule has 2 aromatic rings. The molecule has 1 heterocycles. The number of fused-ring (bicyclic) bond motifs is 1. The minimum atomic E-state index is -0.335. The van der Waals surface area contributed by atoms with Crippen LogP contribution >= 0.6 is 0 Å². The van der Waals surface area contributed by atoms with Gasteiger partial charge in [0.05, 0.1) is 12.2 Å². The SMILES string of the molecule is CCc1ccc(NC(=O)C(C)N2CC(C)Oc3ccc(N)cc32)cc1. The average Bonchev–Trinajstić information content (AvgIpc) is 2.61. The zero-order chi connectivity index (χ0) is 18.0. The quantitative estimate of drug-likeness (QED) is 0.837. The van der Waals surface area contributed by atoms with Crippen LogP contribution in [0.5, 0.6) is 5.75 Å². The van der Waals surface area contributed by atoms with Crippen LogP contribution in [0.15, 0.2) is 42.5 Å². The van der Waals surface area contributed by atoms with Crippen molar-refractivity contribution in [2.75, 3.05) is 22.5 Å². The van der Waals surface area contributed by atoms with E-state index in [2.05, 4.69) is 17.1 Å². The van der Waals surface area contributed by atoms with Crippen molar-refractivity contribution in [1.29, 1.82) is 0 Å². The fourth-order valence-corrected chi connectivity index (χ4v) is 3.07. The number of anilines is 3. The van der Waals surface area contributed by atoms with Crippen molar-refractivity contribution in [3.8, 4) is 5.75 Å². The Balaban J connectivity index is 1.78. The van der Waals surface area contributed by atoms with Crippen molar-refractivity contribution < 1.29 is 9.53 Å². The summed E-state index contributed by atoms with van der Waals surface area (Å²) in [6.07, 6.45) is 0.990. The van der Waals surface area contributed by atoms with Crippen LogP contribution in [0.25, 0.3) is 0 Å². The number of hydrogen-bond donors (Lipinski definition) is 2. The highest BCUT2D eigenvalue weighted by molar-refractivity contribution is 5.97. The van der Waals surface area contributed by atoms with Gasteiger partial charge in [-0.15, -0.1) is 0 Å². The Labute approximate surface area is 148 Å². The molecule has 25 heavy (non-hydrogen) atoms. The predicted octanol–water partition coefficient (Wildman–Crippen LogP) is 3.45. The molecule has 2 atom stereocenters. The van der Waals surface area contributed by atoms with Crippen LogP contribution in [-0.4, -0.2) is 24.6 Å². The number of nitrogens with one attached hydrogen (secondary N) is 1. The topological polar surface area (TPSA) is 67.6 Å². The summed E-state index contributed by atoms with van der Waals surface area (Å²) in [5.41, 5.74) is 9.50. The molecule has 0 saturated carbocycles. The van der Waals surface area contributed by atoms with E-state index in [1.807, 2.05) is 56.3 Å². The molecule has 3 N–H and O–H groups in total. The van der Waals surface area contributed by atoms with Gasteiger partial charge in [-0.1, -0.05) is 19.1 Å². The Morgan fingerprint density at radius 2 is 2.04 bits per heavy atom. The second-order valence-corrected chi connectivity index (χ2v) is 6.52. The maximum Gasteiger partial charge on any atom is 0.246 e.